The quantitative estimate of drug-likeness (QED) is 0.387. The lowest BCUT2D eigenvalue weighted by Gasteiger charge is -2.15. The van der Waals surface area contributed by atoms with Crippen LogP contribution in [0.25, 0.3) is 0 Å². The minimum Gasteiger partial charge on any atom is -0.304 e. The van der Waals surface area contributed by atoms with Gasteiger partial charge >= 0.3 is 0 Å². The lowest BCUT2D eigenvalue weighted by molar-refractivity contribution is -0.385. The van der Waals surface area contributed by atoms with E-state index in [0.717, 1.165) is 16.9 Å². The van der Waals surface area contributed by atoms with Gasteiger partial charge in [-0.15, -0.1) is 0 Å². The van der Waals surface area contributed by atoms with Crippen LogP contribution in [0.3, 0.4) is 0 Å². The topological polar surface area (TPSA) is 162 Å². The Labute approximate surface area is 197 Å². The van der Waals surface area contributed by atoms with E-state index < -0.39 is 27.1 Å². The Morgan fingerprint density at radius 3 is 1.91 bits per heavy atom. The fourth-order valence-corrected chi connectivity index (χ4v) is 3.38. The van der Waals surface area contributed by atoms with Crippen molar-refractivity contribution in [1.82, 2.24) is 9.89 Å². The summed E-state index contributed by atoms with van der Waals surface area (Å²) in [5.41, 5.74) is 1.63. The second kappa shape index (κ2) is 9.27. The van der Waals surface area contributed by atoms with Gasteiger partial charge in [-0.2, -0.15) is 9.89 Å². The summed E-state index contributed by atoms with van der Waals surface area (Å²) in [5.74, 6) is -1.55. The van der Waals surface area contributed by atoms with Crippen molar-refractivity contribution in [3.63, 3.8) is 0 Å². The summed E-state index contributed by atoms with van der Waals surface area (Å²) in [6.45, 7) is 5.46. The SMILES string of the molecule is CC(C)(C)c1nn(NC(=O)c2cccc([N+](=O)[O-])c2)c(NC(=O)c2cccc([N+](=O)[O-])c2)c1Cl. The Kier molecular flexibility index (Phi) is 6.63. The molecule has 0 fully saturated rings. The van der Waals surface area contributed by atoms with Crippen molar-refractivity contribution in [2.24, 2.45) is 0 Å². The Balaban J connectivity index is 1.98. The molecule has 34 heavy (non-hydrogen) atoms. The molecule has 0 unspecified atom stereocenters. The van der Waals surface area contributed by atoms with Crippen LogP contribution in [-0.2, 0) is 5.41 Å². The number of nitrogens with one attached hydrogen (secondary N) is 2. The molecule has 2 N–H and O–H groups in total. The number of nitro benzene ring substituents is 2. The first-order chi connectivity index (χ1) is 15.9. The summed E-state index contributed by atoms with van der Waals surface area (Å²) >= 11 is 6.48. The van der Waals surface area contributed by atoms with Crippen LogP contribution in [-0.4, -0.2) is 31.6 Å². The maximum Gasteiger partial charge on any atom is 0.271 e. The molecular formula is C21H19ClN6O6. The number of nitrogens with zero attached hydrogens (tertiary/aromatic N) is 4. The number of amides is 2. The van der Waals surface area contributed by atoms with Gasteiger partial charge in [-0.25, -0.2) is 5.43 Å². The lowest BCUT2D eigenvalue weighted by atomic mass is 9.92. The van der Waals surface area contributed by atoms with Gasteiger partial charge in [0.25, 0.3) is 23.2 Å². The van der Waals surface area contributed by atoms with Gasteiger partial charge in [0.15, 0.2) is 5.82 Å². The fourth-order valence-electron chi connectivity index (χ4n) is 2.93. The molecule has 3 aromatic rings. The molecule has 1 aromatic heterocycles. The molecule has 12 nitrogen and oxygen atoms in total. The molecule has 0 saturated heterocycles. The van der Waals surface area contributed by atoms with Crippen LogP contribution in [0.2, 0.25) is 5.02 Å². The van der Waals surface area contributed by atoms with Gasteiger partial charge in [-0.1, -0.05) is 44.5 Å². The van der Waals surface area contributed by atoms with Crippen molar-refractivity contribution in [3.8, 4) is 0 Å². The highest BCUT2D eigenvalue weighted by Gasteiger charge is 2.28. The van der Waals surface area contributed by atoms with E-state index >= 15 is 0 Å². The van der Waals surface area contributed by atoms with Crippen molar-refractivity contribution in [2.45, 2.75) is 26.2 Å². The molecule has 0 aliphatic rings. The zero-order valence-corrected chi connectivity index (χ0v) is 19.0. The van der Waals surface area contributed by atoms with E-state index in [4.69, 9.17) is 11.6 Å². The number of anilines is 1. The Hall–Kier alpha value is -4.32. The van der Waals surface area contributed by atoms with Crippen molar-refractivity contribution in [2.75, 3.05) is 10.7 Å². The average Bonchev–Trinajstić information content (AvgIpc) is 3.09. The molecule has 3 rings (SSSR count). The number of carbonyl (C=O) groups is 2. The number of nitro groups is 2. The molecular weight excluding hydrogens is 468 g/mol. The van der Waals surface area contributed by atoms with E-state index in [-0.39, 0.29) is 33.3 Å². The number of carbonyl (C=O) groups excluding carboxylic acids is 2. The third-order valence-corrected chi connectivity index (χ3v) is 4.97. The van der Waals surface area contributed by atoms with Crippen LogP contribution in [0.15, 0.2) is 48.5 Å². The zero-order chi connectivity index (χ0) is 25.2. The molecule has 0 atom stereocenters. The molecule has 0 spiro atoms. The predicted molar refractivity (Wildman–Crippen MR) is 124 cm³/mol. The van der Waals surface area contributed by atoms with Gasteiger partial charge in [0, 0.05) is 40.8 Å². The van der Waals surface area contributed by atoms with Crippen LogP contribution in [0.1, 0.15) is 47.2 Å². The average molecular weight is 487 g/mol. The van der Waals surface area contributed by atoms with Gasteiger partial charge in [0.05, 0.1) is 15.5 Å². The molecule has 0 radical (unpaired) electrons. The van der Waals surface area contributed by atoms with Gasteiger partial charge < -0.3 is 5.32 Å². The number of benzene rings is 2. The Morgan fingerprint density at radius 1 is 0.941 bits per heavy atom. The lowest BCUT2D eigenvalue weighted by Crippen LogP contribution is -2.27. The first kappa shape index (κ1) is 24.3. The summed E-state index contributed by atoms with van der Waals surface area (Å²) in [7, 11) is 0. The maximum absolute atomic E-state index is 12.8. The molecule has 0 bridgehead atoms. The molecule has 0 saturated carbocycles. The monoisotopic (exact) mass is 486 g/mol. The zero-order valence-electron chi connectivity index (χ0n) is 18.2. The van der Waals surface area contributed by atoms with E-state index in [9.17, 15) is 29.8 Å². The highest BCUT2D eigenvalue weighted by Crippen LogP contribution is 2.34. The van der Waals surface area contributed by atoms with Crippen molar-refractivity contribution >= 4 is 40.6 Å². The minimum absolute atomic E-state index is 0.0136. The summed E-state index contributed by atoms with van der Waals surface area (Å²) in [5, 5.41) is 28.9. The number of rotatable bonds is 6. The van der Waals surface area contributed by atoms with E-state index in [0.29, 0.717) is 5.69 Å². The van der Waals surface area contributed by atoms with Crippen molar-refractivity contribution in [1.29, 1.82) is 0 Å². The summed E-state index contributed by atoms with van der Waals surface area (Å²) < 4.78 is 0. The molecule has 176 valence electrons. The van der Waals surface area contributed by atoms with Crippen LogP contribution in [0.5, 0.6) is 0 Å². The van der Waals surface area contributed by atoms with Gasteiger partial charge in [0.2, 0.25) is 0 Å². The van der Waals surface area contributed by atoms with E-state index in [2.05, 4.69) is 15.8 Å². The number of non-ortho nitro benzene ring substituents is 2. The summed E-state index contributed by atoms with van der Waals surface area (Å²) in [4.78, 5) is 47.3. The first-order valence-corrected chi connectivity index (χ1v) is 10.2. The van der Waals surface area contributed by atoms with E-state index in [1.54, 1.807) is 0 Å². The number of hydrogen-bond acceptors (Lipinski definition) is 7. The molecule has 0 aliphatic carbocycles. The highest BCUT2D eigenvalue weighted by molar-refractivity contribution is 6.34. The van der Waals surface area contributed by atoms with E-state index in [1.807, 2.05) is 20.8 Å². The minimum atomic E-state index is -0.742. The van der Waals surface area contributed by atoms with Crippen LogP contribution in [0.4, 0.5) is 17.2 Å². The Morgan fingerprint density at radius 2 is 1.44 bits per heavy atom. The van der Waals surface area contributed by atoms with Crippen LogP contribution in [0, 0.1) is 20.2 Å². The standard InChI is InChI=1S/C21H19ClN6O6/c1-21(2,3)17-16(22)18(23-19(29)12-6-4-8-14(10-12)27(31)32)26(24-17)25-20(30)13-7-5-9-15(11-13)28(33)34/h4-11H,1-3H3,(H,23,29)(H,25,30). The van der Waals surface area contributed by atoms with Gasteiger partial charge in [-0.3, -0.25) is 29.8 Å². The molecule has 2 aromatic carbocycles. The molecule has 2 amide bonds. The first-order valence-electron chi connectivity index (χ1n) is 9.79. The maximum atomic E-state index is 12.8. The molecule has 0 aliphatic heterocycles. The molecule has 1 heterocycles. The molecule has 13 heteroatoms. The van der Waals surface area contributed by atoms with Crippen LogP contribution < -0.4 is 10.7 Å². The predicted octanol–water partition coefficient (Wildman–Crippen LogP) is 4.29. The highest BCUT2D eigenvalue weighted by atomic mass is 35.5. The Bertz CT molecular complexity index is 1310. The summed E-state index contributed by atoms with van der Waals surface area (Å²) in [6, 6.07) is 10.1. The smallest absolute Gasteiger partial charge is 0.271 e. The van der Waals surface area contributed by atoms with Gasteiger partial charge in [0.1, 0.15) is 5.02 Å². The van der Waals surface area contributed by atoms with Gasteiger partial charge in [-0.05, 0) is 12.1 Å². The summed E-state index contributed by atoms with van der Waals surface area (Å²) in [6.07, 6.45) is 0. The third kappa shape index (κ3) is 5.18. The number of hydrogen-bond donors (Lipinski definition) is 2. The van der Waals surface area contributed by atoms with Crippen LogP contribution >= 0.6 is 11.6 Å². The number of halogens is 1. The van der Waals surface area contributed by atoms with Crippen molar-refractivity contribution in [3.05, 3.63) is 90.6 Å². The third-order valence-electron chi connectivity index (χ3n) is 4.62. The van der Waals surface area contributed by atoms with E-state index in [1.165, 1.54) is 36.4 Å². The normalized spacial score (nSPS) is 11.1. The largest absolute Gasteiger partial charge is 0.304 e. The fraction of sp³-hybridized carbons (Fsp3) is 0.190. The second-order valence-electron chi connectivity index (χ2n) is 8.18. The number of aromatic nitrogens is 2. The van der Waals surface area contributed by atoms with Crippen molar-refractivity contribution < 1.29 is 19.4 Å². The second-order valence-corrected chi connectivity index (χ2v) is 8.56.